The van der Waals surface area contributed by atoms with Gasteiger partial charge in [0, 0.05) is 5.69 Å². The van der Waals surface area contributed by atoms with Gasteiger partial charge >= 0.3 is 0 Å². The number of nitrogens with one attached hydrogen (secondary N) is 1. The Kier molecular flexibility index (Phi) is 9.18. The molecular weight excluding hydrogens is 398 g/mol. The number of anilines is 1. The molecule has 1 unspecified atom stereocenters. The summed E-state index contributed by atoms with van der Waals surface area (Å²) >= 11 is 0. The predicted octanol–water partition coefficient (Wildman–Crippen LogP) is 7.11. The molecule has 0 aliphatic rings. The molecule has 0 saturated carbocycles. The van der Waals surface area contributed by atoms with Crippen molar-refractivity contribution in [2.45, 2.75) is 52.1 Å². The van der Waals surface area contributed by atoms with Crippen LogP contribution in [0.2, 0.25) is 0 Å². The van der Waals surface area contributed by atoms with Crippen LogP contribution in [0.5, 0.6) is 11.5 Å². The molecule has 3 aromatic carbocycles. The van der Waals surface area contributed by atoms with Crippen LogP contribution in [0.15, 0.2) is 78.9 Å². The summed E-state index contributed by atoms with van der Waals surface area (Å²) in [5.74, 6) is 1.34. The molecule has 0 spiro atoms. The lowest BCUT2D eigenvalue weighted by atomic mass is 10.1. The first-order valence-electron chi connectivity index (χ1n) is 11.6. The first kappa shape index (κ1) is 23.4. The van der Waals surface area contributed by atoms with Gasteiger partial charge in [0.05, 0.1) is 6.61 Å². The average molecular weight is 432 g/mol. The number of amides is 1. The van der Waals surface area contributed by atoms with E-state index < -0.39 is 6.10 Å². The van der Waals surface area contributed by atoms with Crippen LogP contribution in [0.3, 0.4) is 0 Å². The Labute approximate surface area is 191 Å². The average Bonchev–Trinajstić information content (AvgIpc) is 2.84. The number of benzene rings is 3. The zero-order valence-corrected chi connectivity index (χ0v) is 19.1. The fraction of sp³-hybridized carbons (Fsp3) is 0.321. The maximum absolute atomic E-state index is 12.7. The van der Waals surface area contributed by atoms with Crippen molar-refractivity contribution in [1.82, 2.24) is 0 Å². The van der Waals surface area contributed by atoms with Crippen LogP contribution in [-0.2, 0) is 4.79 Å². The van der Waals surface area contributed by atoms with Crippen molar-refractivity contribution < 1.29 is 14.3 Å². The molecular formula is C28H33NO3. The van der Waals surface area contributed by atoms with Crippen LogP contribution < -0.4 is 14.8 Å². The fourth-order valence-corrected chi connectivity index (χ4v) is 3.42. The SMILES string of the molecule is CCCCCCOc1ccc(NC(=O)C(CC)Oc2ccc(-c3ccccc3)cc2)cc1. The van der Waals surface area contributed by atoms with E-state index in [9.17, 15) is 4.79 Å². The lowest BCUT2D eigenvalue weighted by Gasteiger charge is -2.18. The Morgan fingerprint density at radius 2 is 1.44 bits per heavy atom. The molecule has 1 N–H and O–H groups in total. The van der Waals surface area contributed by atoms with Gasteiger partial charge in [-0.15, -0.1) is 0 Å². The van der Waals surface area contributed by atoms with E-state index >= 15 is 0 Å². The molecule has 4 nitrogen and oxygen atoms in total. The minimum Gasteiger partial charge on any atom is -0.494 e. The summed E-state index contributed by atoms with van der Waals surface area (Å²) in [6.45, 7) is 4.86. The van der Waals surface area contributed by atoms with Crippen molar-refractivity contribution in [3.05, 3.63) is 78.9 Å². The van der Waals surface area contributed by atoms with Crippen molar-refractivity contribution in [2.75, 3.05) is 11.9 Å². The minimum absolute atomic E-state index is 0.159. The second-order valence-electron chi connectivity index (χ2n) is 7.83. The van der Waals surface area contributed by atoms with Crippen molar-refractivity contribution >= 4 is 11.6 Å². The molecule has 3 aromatic rings. The van der Waals surface area contributed by atoms with Crippen molar-refractivity contribution in [3.8, 4) is 22.6 Å². The molecule has 1 amide bonds. The third-order valence-electron chi connectivity index (χ3n) is 5.29. The van der Waals surface area contributed by atoms with Gasteiger partial charge in [-0.2, -0.15) is 0 Å². The van der Waals surface area contributed by atoms with Crippen LogP contribution in [0, 0.1) is 0 Å². The van der Waals surface area contributed by atoms with Crippen LogP contribution in [0.4, 0.5) is 5.69 Å². The lowest BCUT2D eigenvalue weighted by molar-refractivity contribution is -0.122. The van der Waals surface area contributed by atoms with Gasteiger partial charge in [0.15, 0.2) is 6.10 Å². The van der Waals surface area contributed by atoms with E-state index in [2.05, 4.69) is 24.4 Å². The molecule has 0 bridgehead atoms. The summed E-state index contributed by atoms with van der Waals surface area (Å²) in [6.07, 6.45) is 4.73. The monoisotopic (exact) mass is 431 g/mol. The van der Waals surface area contributed by atoms with Gasteiger partial charge in [0.25, 0.3) is 5.91 Å². The molecule has 0 saturated heterocycles. The van der Waals surface area contributed by atoms with E-state index in [1.165, 1.54) is 19.3 Å². The van der Waals surface area contributed by atoms with Gasteiger partial charge in [-0.25, -0.2) is 0 Å². The highest BCUT2D eigenvalue weighted by Crippen LogP contribution is 2.23. The molecule has 3 rings (SSSR count). The summed E-state index contributed by atoms with van der Waals surface area (Å²) in [5, 5.41) is 2.94. The zero-order chi connectivity index (χ0) is 22.6. The van der Waals surface area contributed by atoms with E-state index in [4.69, 9.17) is 9.47 Å². The molecule has 0 aliphatic carbocycles. The van der Waals surface area contributed by atoms with Crippen molar-refractivity contribution in [1.29, 1.82) is 0 Å². The standard InChI is InChI=1S/C28H33NO3/c1-3-5-6-10-21-31-25-19-15-24(16-20-25)29-28(30)27(4-2)32-26-17-13-23(14-18-26)22-11-8-7-9-12-22/h7-9,11-20,27H,3-6,10,21H2,1-2H3,(H,29,30). The van der Waals surface area contributed by atoms with Gasteiger partial charge in [-0.05, 0) is 60.4 Å². The van der Waals surface area contributed by atoms with Crippen LogP contribution in [-0.4, -0.2) is 18.6 Å². The van der Waals surface area contributed by atoms with Gasteiger partial charge in [0.2, 0.25) is 0 Å². The third kappa shape index (κ3) is 7.16. The van der Waals surface area contributed by atoms with E-state index in [1.54, 1.807) is 0 Å². The highest BCUT2D eigenvalue weighted by atomic mass is 16.5. The molecule has 168 valence electrons. The van der Waals surface area contributed by atoms with Crippen molar-refractivity contribution in [3.63, 3.8) is 0 Å². The van der Waals surface area contributed by atoms with Crippen molar-refractivity contribution in [2.24, 2.45) is 0 Å². The predicted molar refractivity (Wildman–Crippen MR) is 131 cm³/mol. The number of carbonyl (C=O) groups is 1. The lowest BCUT2D eigenvalue weighted by Crippen LogP contribution is -2.32. The number of rotatable bonds is 12. The van der Waals surface area contributed by atoms with Crippen LogP contribution >= 0.6 is 0 Å². The molecule has 0 heterocycles. The van der Waals surface area contributed by atoms with E-state index in [0.717, 1.165) is 35.6 Å². The first-order valence-corrected chi connectivity index (χ1v) is 11.6. The summed E-state index contributed by atoms with van der Waals surface area (Å²) < 4.78 is 11.7. The molecule has 0 radical (unpaired) electrons. The Morgan fingerprint density at radius 1 is 0.781 bits per heavy atom. The molecule has 32 heavy (non-hydrogen) atoms. The van der Waals surface area contributed by atoms with Gasteiger partial charge in [-0.3, -0.25) is 4.79 Å². The number of hydrogen-bond donors (Lipinski definition) is 1. The molecule has 4 heteroatoms. The van der Waals surface area contributed by atoms with Crippen LogP contribution in [0.1, 0.15) is 46.0 Å². The summed E-state index contributed by atoms with van der Waals surface area (Å²) in [4.78, 5) is 12.7. The molecule has 0 aromatic heterocycles. The highest BCUT2D eigenvalue weighted by molar-refractivity contribution is 5.94. The zero-order valence-electron chi connectivity index (χ0n) is 19.1. The van der Waals surface area contributed by atoms with Gasteiger partial charge in [0.1, 0.15) is 11.5 Å². The summed E-state index contributed by atoms with van der Waals surface area (Å²) in [7, 11) is 0. The topological polar surface area (TPSA) is 47.6 Å². The Hall–Kier alpha value is -3.27. The van der Waals surface area contributed by atoms with Gasteiger partial charge < -0.3 is 14.8 Å². The van der Waals surface area contributed by atoms with E-state index in [1.807, 2.05) is 73.7 Å². The maximum atomic E-state index is 12.7. The molecule has 1 atom stereocenters. The van der Waals surface area contributed by atoms with Gasteiger partial charge in [-0.1, -0.05) is 75.6 Å². The summed E-state index contributed by atoms with van der Waals surface area (Å²) in [6, 6.07) is 25.5. The van der Waals surface area contributed by atoms with E-state index in [-0.39, 0.29) is 5.91 Å². The Morgan fingerprint density at radius 3 is 2.09 bits per heavy atom. The Balaban J connectivity index is 1.51. The largest absolute Gasteiger partial charge is 0.494 e. The highest BCUT2D eigenvalue weighted by Gasteiger charge is 2.18. The second-order valence-corrected chi connectivity index (χ2v) is 7.83. The third-order valence-corrected chi connectivity index (χ3v) is 5.29. The molecule has 0 fully saturated rings. The maximum Gasteiger partial charge on any atom is 0.265 e. The second kappa shape index (κ2) is 12.6. The Bertz CT molecular complexity index is 937. The van der Waals surface area contributed by atoms with Crippen LogP contribution in [0.25, 0.3) is 11.1 Å². The van der Waals surface area contributed by atoms with E-state index in [0.29, 0.717) is 12.2 Å². The fourth-order valence-electron chi connectivity index (χ4n) is 3.42. The number of unbranched alkanes of at least 4 members (excludes halogenated alkanes) is 3. The summed E-state index contributed by atoms with van der Waals surface area (Å²) in [5.41, 5.74) is 3.00. The quantitative estimate of drug-likeness (QED) is 0.311. The first-order chi connectivity index (χ1) is 15.7. The number of ether oxygens (including phenoxy) is 2. The normalized spacial score (nSPS) is 11.6. The molecule has 0 aliphatic heterocycles. The number of carbonyl (C=O) groups excluding carboxylic acids is 1. The minimum atomic E-state index is -0.563. The smallest absolute Gasteiger partial charge is 0.265 e. The number of hydrogen-bond acceptors (Lipinski definition) is 3.